The lowest BCUT2D eigenvalue weighted by Crippen LogP contribution is -2.41. The Morgan fingerprint density at radius 1 is 1.17 bits per heavy atom. The summed E-state index contributed by atoms with van der Waals surface area (Å²) < 4.78 is 0. The monoisotopic (exact) mass is 424 g/mol. The zero-order valence-corrected chi connectivity index (χ0v) is 18.9. The molecule has 0 saturated carbocycles. The van der Waals surface area contributed by atoms with Crippen molar-refractivity contribution in [3.8, 4) is 0 Å². The van der Waals surface area contributed by atoms with Gasteiger partial charge in [0.2, 0.25) is 0 Å². The van der Waals surface area contributed by atoms with E-state index in [9.17, 15) is 9.59 Å². The summed E-state index contributed by atoms with van der Waals surface area (Å²) >= 11 is 1.50. The average molecular weight is 425 g/mol. The summed E-state index contributed by atoms with van der Waals surface area (Å²) in [6.07, 6.45) is 2.60. The minimum Gasteiger partial charge on any atom is -0.378 e. The molecule has 2 N–H and O–H groups in total. The van der Waals surface area contributed by atoms with Crippen molar-refractivity contribution >= 4 is 29.1 Å². The molecule has 0 radical (unpaired) electrons. The van der Waals surface area contributed by atoms with Gasteiger partial charge in [-0.05, 0) is 28.9 Å². The van der Waals surface area contributed by atoms with Gasteiger partial charge in [-0.25, -0.2) is 4.98 Å². The first-order valence-electron chi connectivity index (χ1n) is 10.3. The van der Waals surface area contributed by atoms with Crippen LogP contribution >= 0.6 is 11.8 Å². The van der Waals surface area contributed by atoms with Crippen molar-refractivity contribution in [1.82, 2.24) is 9.97 Å². The highest BCUT2D eigenvalue weighted by Crippen LogP contribution is 2.48. The van der Waals surface area contributed by atoms with E-state index in [2.05, 4.69) is 35.2 Å². The minimum atomic E-state index is -0.400. The fourth-order valence-electron chi connectivity index (χ4n) is 4.47. The Morgan fingerprint density at radius 2 is 1.87 bits per heavy atom. The van der Waals surface area contributed by atoms with Crippen LogP contribution in [0.5, 0.6) is 0 Å². The number of aromatic amines is 1. The highest BCUT2D eigenvalue weighted by atomic mass is 32.2. The zero-order chi connectivity index (χ0) is 21.6. The third-order valence-electron chi connectivity index (χ3n) is 5.75. The number of nitrogens with one attached hydrogen (secondary N) is 2. The van der Waals surface area contributed by atoms with Crippen LogP contribution in [0.3, 0.4) is 0 Å². The Morgan fingerprint density at radius 3 is 2.50 bits per heavy atom. The molecule has 1 aromatic heterocycles. The number of fused-ring (bicyclic) bond motifs is 2. The van der Waals surface area contributed by atoms with Crippen LogP contribution in [-0.4, -0.2) is 35.6 Å². The largest absolute Gasteiger partial charge is 0.378 e. The van der Waals surface area contributed by atoms with Gasteiger partial charge in [0.25, 0.3) is 5.56 Å². The first kappa shape index (κ1) is 20.7. The number of H-pyrrole nitrogens is 1. The van der Waals surface area contributed by atoms with Crippen molar-refractivity contribution in [2.45, 2.75) is 38.3 Å². The molecule has 6 nitrogen and oxygen atoms in total. The van der Waals surface area contributed by atoms with Crippen molar-refractivity contribution in [3.63, 3.8) is 0 Å². The lowest BCUT2D eigenvalue weighted by molar-refractivity contribution is -0.124. The Hall–Kier alpha value is -2.54. The number of allylic oxidation sites excluding steroid dienone is 2. The molecule has 0 unspecified atom stereocenters. The molecule has 4 rings (SSSR count). The molecule has 158 valence electrons. The summed E-state index contributed by atoms with van der Waals surface area (Å²) in [5.41, 5.74) is 3.02. The van der Waals surface area contributed by atoms with Crippen molar-refractivity contribution < 1.29 is 4.79 Å². The molecule has 2 aromatic rings. The van der Waals surface area contributed by atoms with Crippen LogP contribution in [0.4, 0.5) is 11.5 Å². The quantitative estimate of drug-likeness (QED) is 0.571. The van der Waals surface area contributed by atoms with Gasteiger partial charge in [-0.3, -0.25) is 9.59 Å². The minimum absolute atomic E-state index is 0.156. The third-order valence-corrected chi connectivity index (χ3v) is 6.50. The Balaban J connectivity index is 1.92. The average Bonchev–Trinajstić information content (AvgIpc) is 2.65. The number of rotatable bonds is 4. The molecule has 0 bridgehead atoms. The second-order valence-electron chi connectivity index (χ2n) is 8.86. The van der Waals surface area contributed by atoms with Gasteiger partial charge in [-0.2, -0.15) is 0 Å². The molecule has 0 amide bonds. The van der Waals surface area contributed by atoms with E-state index in [1.807, 2.05) is 50.2 Å². The highest BCUT2D eigenvalue weighted by molar-refractivity contribution is 7.99. The fraction of sp³-hybridized carbons (Fsp3) is 0.435. The number of carbonyl (C=O) groups excluding carboxylic acids is 1. The number of Topliss-reactive ketones (excluding diaryl/α,β-unsaturated/α-hetero) is 1. The number of benzene rings is 1. The second kappa shape index (κ2) is 7.61. The predicted octanol–water partition coefficient (Wildman–Crippen LogP) is 4.00. The second-order valence-corrected chi connectivity index (χ2v) is 10.1. The van der Waals surface area contributed by atoms with Crippen LogP contribution in [0, 0.1) is 11.3 Å². The maximum absolute atomic E-state index is 13.3. The number of aromatic nitrogens is 2. The lowest BCUT2D eigenvalue weighted by Gasteiger charge is -2.40. The SMILES string of the molecule is CCSc1nc2c(c(=O)[nH]1)[C@H](c1ccc(N(C)C)cc1)[C@H]1C(=O)CC(C)(C)C=C1N2. The van der Waals surface area contributed by atoms with Crippen LogP contribution in [0.1, 0.15) is 44.2 Å². The smallest absolute Gasteiger partial charge is 0.257 e. The van der Waals surface area contributed by atoms with Crippen LogP contribution in [0.25, 0.3) is 0 Å². The fourth-order valence-corrected chi connectivity index (χ4v) is 5.06. The van der Waals surface area contributed by atoms with E-state index in [0.717, 1.165) is 22.7 Å². The van der Waals surface area contributed by atoms with E-state index >= 15 is 0 Å². The normalized spacial score (nSPS) is 21.9. The van der Waals surface area contributed by atoms with E-state index in [1.165, 1.54) is 11.8 Å². The molecule has 2 atom stereocenters. The predicted molar refractivity (Wildman–Crippen MR) is 122 cm³/mol. The molecule has 1 aliphatic carbocycles. The van der Waals surface area contributed by atoms with Gasteiger partial charge in [-0.1, -0.05) is 50.7 Å². The highest BCUT2D eigenvalue weighted by Gasteiger charge is 2.45. The number of anilines is 2. The molecular formula is C23H28N4O2S. The molecule has 2 aliphatic rings. The van der Waals surface area contributed by atoms with Gasteiger partial charge in [-0.15, -0.1) is 0 Å². The van der Waals surface area contributed by atoms with E-state index in [4.69, 9.17) is 0 Å². The maximum atomic E-state index is 13.3. The van der Waals surface area contributed by atoms with Gasteiger partial charge in [0.1, 0.15) is 11.6 Å². The number of carbonyl (C=O) groups is 1. The van der Waals surface area contributed by atoms with Crippen molar-refractivity contribution in [3.05, 3.63) is 57.5 Å². The molecule has 1 aliphatic heterocycles. The van der Waals surface area contributed by atoms with Gasteiger partial charge < -0.3 is 15.2 Å². The van der Waals surface area contributed by atoms with Gasteiger partial charge >= 0.3 is 0 Å². The summed E-state index contributed by atoms with van der Waals surface area (Å²) in [6.45, 7) is 6.15. The van der Waals surface area contributed by atoms with Gasteiger partial charge in [0, 0.05) is 37.8 Å². The number of hydrogen-bond acceptors (Lipinski definition) is 6. The van der Waals surface area contributed by atoms with Gasteiger partial charge in [0.05, 0.1) is 11.5 Å². The van der Waals surface area contributed by atoms with Crippen LogP contribution in [-0.2, 0) is 4.79 Å². The number of thioether (sulfide) groups is 1. The van der Waals surface area contributed by atoms with E-state index < -0.39 is 5.92 Å². The van der Waals surface area contributed by atoms with Crippen LogP contribution < -0.4 is 15.8 Å². The third kappa shape index (κ3) is 3.67. The van der Waals surface area contributed by atoms with E-state index in [0.29, 0.717) is 23.0 Å². The van der Waals surface area contributed by atoms with E-state index in [1.54, 1.807) is 0 Å². The van der Waals surface area contributed by atoms with Crippen LogP contribution in [0.2, 0.25) is 0 Å². The topological polar surface area (TPSA) is 78.1 Å². The van der Waals surface area contributed by atoms with Crippen LogP contribution in [0.15, 0.2) is 46.0 Å². The molecule has 7 heteroatoms. The Bertz CT molecular complexity index is 1070. The number of nitrogens with zero attached hydrogens (tertiary/aromatic N) is 2. The summed E-state index contributed by atoms with van der Waals surface area (Å²) in [5.74, 6) is 0.772. The van der Waals surface area contributed by atoms with Crippen molar-refractivity contribution in [2.24, 2.45) is 11.3 Å². The zero-order valence-electron chi connectivity index (χ0n) is 18.1. The summed E-state index contributed by atoms with van der Waals surface area (Å²) in [5, 5.41) is 3.93. The molecule has 0 fully saturated rings. The summed E-state index contributed by atoms with van der Waals surface area (Å²) in [6, 6.07) is 8.10. The summed E-state index contributed by atoms with van der Waals surface area (Å²) in [4.78, 5) is 36.0. The first-order chi connectivity index (χ1) is 14.2. The Kier molecular flexibility index (Phi) is 5.26. The molecular weight excluding hydrogens is 396 g/mol. The number of ketones is 1. The lowest BCUT2D eigenvalue weighted by atomic mass is 9.67. The molecule has 0 saturated heterocycles. The maximum Gasteiger partial charge on any atom is 0.257 e. The standard InChI is InChI=1S/C23H28N4O2S/c1-6-30-22-25-20-19(21(29)26-22)17(13-7-9-14(10-8-13)27(4)5)18-15(24-20)11-23(2,3)12-16(18)28/h7-11,17-18H,6,12H2,1-5H3,(H2,24,25,26,29)/t17-,18-/m1/s1. The summed E-state index contributed by atoms with van der Waals surface area (Å²) in [7, 11) is 3.98. The van der Waals surface area contributed by atoms with E-state index in [-0.39, 0.29) is 22.7 Å². The first-order valence-corrected chi connectivity index (χ1v) is 11.3. The Labute approximate surface area is 181 Å². The molecule has 2 heterocycles. The van der Waals surface area contributed by atoms with Crippen molar-refractivity contribution in [2.75, 3.05) is 30.1 Å². The molecule has 1 aromatic carbocycles. The number of hydrogen-bond donors (Lipinski definition) is 2. The molecule has 0 spiro atoms. The van der Waals surface area contributed by atoms with Gasteiger partial charge in [0.15, 0.2) is 5.16 Å². The van der Waals surface area contributed by atoms with Crippen molar-refractivity contribution in [1.29, 1.82) is 0 Å². The molecule has 30 heavy (non-hydrogen) atoms.